The van der Waals surface area contributed by atoms with E-state index in [9.17, 15) is 5.11 Å². The molecule has 2 aromatic rings. The molecule has 0 aliphatic rings. The van der Waals surface area contributed by atoms with Crippen LogP contribution in [0, 0.1) is 6.92 Å². The second-order valence-electron chi connectivity index (χ2n) is 3.64. The molecular formula is C12H12ClNO2. The maximum absolute atomic E-state index is 9.68. The summed E-state index contributed by atoms with van der Waals surface area (Å²) >= 11 is 6.21. The van der Waals surface area contributed by atoms with Crippen molar-refractivity contribution in [3.05, 3.63) is 40.5 Å². The summed E-state index contributed by atoms with van der Waals surface area (Å²) in [5.41, 5.74) is 1.94. The number of hydrogen-bond donors (Lipinski definition) is 2. The molecule has 0 saturated carbocycles. The van der Waals surface area contributed by atoms with E-state index in [0.717, 1.165) is 10.9 Å². The van der Waals surface area contributed by atoms with E-state index in [0.29, 0.717) is 16.3 Å². The molecule has 84 valence electrons. The van der Waals surface area contributed by atoms with Crippen LogP contribution in [0.1, 0.15) is 17.4 Å². The highest BCUT2D eigenvalue weighted by Crippen LogP contribution is 2.31. The summed E-state index contributed by atoms with van der Waals surface area (Å²) in [5, 5.41) is 19.9. The highest BCUT2D eigenvalue weighted by Gasteiger charge is 2.17. The number of aliphatic hydroxyl groups is 2. The lowest BCUT2D eigenvalue weighted by molar-refractivity contribution is 0.0950. The summed E-state index contributed by atoms with van der Waals surface area (Å²) in [7, 11) is 0. The van der Waals surface area contributed by atoms with Crippen LogP contribution >= 0.6 is 11.6 Å². The van der Waals surface area contributed by atoms with Gasteiger partial charge in [-0.15, -0.1) is 0 Å². The Morgan fingerprint density at radius 1 is 1.38 bits per heavy atom. The fourth-order valence-corrected chi connectivity index (χ4v) is 2.20. The number of aryl methyl sites for hydroxylation is 1. The summed E-state index contributed by atoms with van der Waals surface area (Å²) < 4.78 is 0. The van der Waals surface area contributed by atoms with Crippen molar-refractivity contribution in [3.63, 3.8) is 0 Å². The molecule has 2 rings (SSSR count). The average molecular weight is 238 g/mol. The fraction of sp³-hybridized carbons (Fsp3) is 0.250. The first-order valence-electron chi connectivity index (χ1n) is 4.98. The van der Waals surface area contributed by atoms with Gasteiger partial charge in [0.2, 0.25) is 0 Å². The van der Waals surface area contributed by atoms with Gasteiger partial charge in [-0.3, -0.25) is 4.98 Å². The number of aliphatic hydroxyl groups excluding tert-OH is 2. The van der Waals surface area contributed by atoms with Crippen LogP contribution < -0.4 is 0 Å². The zero-order valence-electron chi connectivity index (χ0n) is 8.81. The monoisotopic (exact) mass is 237 g/mol. The first-order chi connectivity index (χ1) is 7.65. The van der Waals surface area contributed by atoms with Gasteiger partial charge in [0.25, 0.3) is 0 Å². The van der Waals surface area contributed by atoms with Crippen molar-refractivity contribution < 1.29 is 10.2 Å². The largest absolute Gasteiger partial charge is 0.393 e. The second-order valence-corrected chi connectivity index (χ2v) is 4.02. The molecule has 2 N–H and O–H groups in total. The van der Waals surface area contributed by atoms with E-state index in [1.807, 2.05) is 24.3 Å². The number of aromatic nitrogens is 1. The zero-order chi connectivity index (χ0) is 11.7. The van der Waals surface area contributed by atoms with Gasteiger partial charge in [-0.05, 0) is 13.0 Å². The molecule has 0 unspecified atom stereocenters. The Kier molecular flexibility index (Phi) is 3.10. The number of benzene rings is 1. The predicted octanol–water partition coefficient (Wildman–Crippen LogP) is 2.22. The van der Waals surface area contributed by atoms with Gasteiger partial charge in [0.1, 0.15) is 6.10 Å². The first kappa shape index (κ1) is 11.3. The van der Waals surface area contributed by atoms with Crippen LogP contribution in [-0.2, 0) is 0 Å². The smallest absolute Gasteiger partial charge is 0.105 e. The Balaban J connectivity index is 2.75. The lowest BCUT2D eigenvalue weighted by atomic mass is 10.1. The normalized spacial score (nSPS) is 13.0. The van der Waals surface area contributed by atoms with E-state index in [4.69, 9.17) is 16.7 Å². The molecule has 4 heteroatoms. The second kappa shape index (κ2) is 4.37. The van der Waals surface area contributed by atoms with Crippen LogP contribution in [-0.4, -0.2) is 21.8 Å². The molecule has 0 fully saturated rings. The van der Waals surface area contributed by atoms with Gasteiger partial charge in [-0.1, -0.05) is 29.8 Å². The minimum Gasteiger partial charge on any atom is -0.393 e. The van der Waals surface area contributed by atoms with Crippen LogP contribution in [0.2, 0.25) is 5.02 Å². The Bertz CT molecular complexity index is 528. The molecule has 0 aliphatic heterocycles. The Labute approximate surface area is 98.3 Å². The van der Waals surface area contributed by atoms with E-state index in [2.05, 4.69) is 4.98 Å². The molecule has 0 bridgehead atoms. The molecule has 1 atom stereocenters. The van der Waals surface area contributed by atoms with Gasteiger partial charge < -0.3 is 10.2 Å². The summed E-state index contributed by atoms with van der Waals surface area (Å²) in [6.45, 7) is 1.41. The third-order valence-corrected chi connectivity index (χ3v) is 2.97. The number of fused-ring (bicyclic) bond motifs is 1. The van der Waals surface area contributed by atoms with Gasteiger partial charge in [0, 0.05) is 16.6 Å². The zero-order valence-corrected chi connectivity index (χ0v) is 9.57. The summed E-state index contributed by atoms with van der Waals surface area (Å²) in [6, 6.07) is 7.45. The Morgan fingerprint density at radius 3 is 2.75 bits per heavy atom. The SMILES string of the molecule is Cc1nc2ccccc2c(Cl)c1[C@H](O)CO. The van der Waals surface area contributed by atoms with Gasteiger partial charge in [-0.25, -0.2) is 0 Å². The maximum atomic E-state index is 9.68. The average Bonchev–Trinajstić information content (AvgIpc) is 2.28. The molecule has 0 spiro atoms. The molecule has 0 aliphatic carbocycles. The molecule has 1 heterocycles. The molecule has 16 heavy (non-hydrogen) atoms. The summed E-state index contributed by atoms with van der Waals surface area (Å²) in [5.74, 6) is 0. The predicted molar refractivity (Wildman–Crippen MR) is 63.5 cm³/mol. The van der Waals surface area contributed by atoms with Crippen LogP contribution in [0.4, 0.5) is 0 Å². The van der Waals surface area contributed by atoms with Crippen molar-refractivity contribution in [2.45, 2.75) is 13.0 Å². The minimum atomic E-state index is -0.982. The van der Waals surface area contributed by atoms with Crippen molar-refractivity contribution in [3.8, 4) is 0 Å². The number of nitrogens with zero attached hydrogens (tertiary/aromatic N) is 1. The van der Waals surface area contributed by atoms with E-state index in [1.54, 1.807) is 6.92 Å². The van der Waals surface area contributed by atoms with Gasteiger partial charge in [-0.2, -0.15) is 0 Å². The van der Waals surface area contributed by atoms with E-state index in [-0.39, 0.29) is 6.61 Å². The van der Waals surface area contributed by atoms with Crippen molar-refractivity contribution in [2.24, 2.45) is 0 Å². The van der Waals surface area contributed by atoms with E-state index >= 15 is 0 Å². The lowest BCUT2D eigenvalue weighted by Gasteiger charge is -2.14. The van der Waals surface area contributed by atoms with Crippen molar-refractivity contribution in [1.29, 1.82) is 0 Å². The molecule has 3 nitrogen and oxygen atoms in total. The minimum absolute atomic E-state index is 0.361. The Hall–Kier alpha value is -1.16. The summed E-state index contributed by atoms with van der Waals surface area (Å²) in [4.78, 5) is 4.35. The first-order valence-corrected chi connectivity index (χ1v) is 5.36. The van der Waals surface area contributed by atoms with Crippen LogP contribution in [0.15, 0.2) is 24.3 Å². The number of rotatable bonds is 2. The maximum Gasteiger partial charge on any atom is 0.105 e. The molecule has 1 aromatic heterocycles. The van der Waals surface area contributed by atoms with E-state index in [1.165, 1.54) is 0 Å². The number of para-hydroxylation sites is 1. The standard InChI is InChI=1S/C12H12ClNO2/c1-7-11(10(16)6-15)12(13)8-4-2-3-5-9(8)14-7/h2-5,10,15-16H,6H2,1H3/t10-/m1/s1. The highest BCUT2D eigenvalue weighted by atomic mass is 35.5. The lowest BCUT2D eigenvalue weighted by Crippen LogP contribution is -2.07. The fourth-order valence-electron chi connectivity index (χ4n) is 1.78. The van der Waals surface area contributed by atoms with E-state index < -0.39 is 6.10 Å². The van der Waals surface area contributed by atoms with Crippen LogP contribution in [0.3, 0.4) is 0 Å². The molecule has 1 aromatic carbocycles. The summed E-state index contributed by atoms with van der Waals surface area (Å²) in [6.07, 6.45) is -0.982. The number of pyridine rings is 1. The molecule has 0 saturated heterocycles. The van der Waals surface area contributed by atoms with Gasteiger partial charge in [0.15, 0.2) is 0 Å². The van der Waals surface area contributed by atoms with Crippen molar-refractivity contribution in [2.75, 3.05) is 6.61 Å². The van der Waals surface area contributed by atoms with Crippen LogP contribution in [0.5, 0.6) is 0 Å². The van der Waals surface area contributed by atoms with Gasteiger partial charge in [0.05, 0.1) is 17.1 Å². The van der Waals surface area contributed by atoms with Crippen molar-refractivity contribution >= 4 is 22.5 Å². The topological polar surface area (TPSA) is 53.4 Å². The highest BCUT2D eigenvalue weighted by molar-refractivity contribution is 6.36. The molecular weight excluding hydrogens is 226 g/mol. The van der Waals surface area contributed by atoms with Crippen LogP contribution in [0.25, 0.3) is 10.9 Å². The third-order valence-electron chi connectivity index (χ3n) is 2.56. The Morgan fingerprint density at radius 2 is 2.06 bits per heavy atom. The van der Waals surface area contributed by atoms with Gasteiger partial charge >= 0.3 is 0 Å². The van der Waals surface area contributed by atoms with Crippen molar-refractivity contribution in [1.82, 2.24) is 4.98 Å². The molecule has 0 amide bonds. The third kappa shape index (κ3) is 1.78. The number of hydrogen-bond acceptors (Lipinski definition) is 3. The number of halogens is 1. The quantitative estimate of drug-likeness (QED) is 0.842. The molecule has 0 radical (unpaired) electrons.